The SMILES string of the molecule is CC/C=C\CCCCCCCCCCCCCC(=O)NCC(=O)O. The van der Waals surface area contributed by atoms with Crippen molar-refractivity contribution in [3.05, 3.63) is 12.2 Å². The molecule has 0 atom stereocenters. The summed E-state index contributed by atoms with van der Waals surface area (Å²) in [5.41, 5.74) is 0. The van der Waals surface area contributed by atoms with Crippen molar-refractivity contribution in [2.75, 3.05) is 6.54 Å². The van der Waals surface area contributed by atoms with Crippen LogP contribution in [-0.4, -0.2) is 23.5 Å². The molecular formula is C20H37NO3. The van der Waals surface area contributed by atoms with E-state index < -0.39 is 5.97 Å². The monoisotopic (exact) mass is 339 g/mol. The zero-order valence-corrected chi connectivity index (χ0v) is 15.5. The third-order valence-corrected chi connectivity index (χ3v) is 4.11. The molecule has 0 radical (unpaired) electrons. The number of rotatable bonds is 17. The average Bonchev–Trinajstić information content (AvgIpc) is 2.56. The molecule has 0 rings (SSSR count). The summed E-state index contributed by atoms with van der Waals surface area (Å²) >= 11 is 0. The molecule has 1 amide bonds. The van der Waals surface area contributed by atoms with Gasteiger partial charge in [0.05, 0.1) is 0 Å². The van der Waals surface area contributed by atoms with Crippen LogP contribution in [0, 0.1) is 0 Å². The summed E-state index contributed by atoms with van der Waals surface area (Å²) in [6.07, 6.45) is 21.1. The predicted octanol–water partition coefficient (Wildman–Crippen LogP) is 5.22. The zero-order valence-electron chi connectivity index (χ0n) is 15.5. The number of unbranched alkanes of at least 4 members (excludes halogenated alkanes) is 11. The van der Waals surface area contributed by atoms with Crippen LogP contribution < -0.4 is 5.32 Å². The van der Waals surface area contributed by atoms with Crippen molar-refractivity contribution in [1.82, 2.24) is 5.32 Å². The fourth-order valence-electron chi connectivity index (χ4n) is 2.69. The second kappa shape index (κ2) is 18.0. The molecule has 0 bridgehead atoms. The molecule has 24 heavy (non-hydrogen) atoms. The van der Waals surface area contributed by atoms with Gasteiger partial charge in [-0.1, -0.05) is 76.9 Å². The minimum Gasteiger partial charge on any atom is -0.480 e. The van der Waals surface area contributed by atoms with Gasteiger partial charge in [0, 0.05) is 6.42 Å². The first kappa shape index (κ1) is 22.7. The summed E-state index contributed by atoms with van der Waals surface area (Å²) in [5.74, 6) is -1.14. The van der Waals surface area contributed by atoms with Gasteiger partial charge in [0.25, 0.3) is 0 Å². The third-order valence-electron chi connectivity index (χ3n) is 4.11. The number of nitrogens with one attached hydrogen (secondary N) is 1. The molecule has 0 saturated carbocycles. The number of carbonyl (C=O) groups is 2. The van der Waals surface area contributed by atoms with Crippen molar-refractivity contribution >= 4 is 11.9 Å². The van der Waals surface area contributed by atoms with Crippen LogP contribution in [-0.2, 0) is 9.59 Å². The minimum absolute atomic E-state index is 0.150. The Labute approximate surface area is 148 Å². The molecule has 0 unspecified atom stereocenters. The van der Waals surface area contributed by atoms with Gasteiger partial charge in [-0.05, 0) is 25.7 Å². The number of hydrogen-bond donors (Lipinski definition) is 2. The topological polar surface area (TPSA) is 66.4 Å². The van der Waals surface area contributed by atoms with Gasteiger partial charge in [-0.3, -0.25) is 9.59 Å². The van der Waals surface area contributed by atoms with Gasteiger partial charge in [-0.15, -0.1) is 0 Å². The maximum Gasteiger partial charge on any atom is 0.322 e. The van der Waals surface area contributed by atoms with Gasteiger partial charge in [-0.2, -0.15) is 0 Å². The van der Waals surface area contributed by atoms with Gasteiger partial charge < -0.3 is 10.4 Å². The van der Waals surface area contributed by atoms with E-state index in [1.807, 2.05) is 0 Å². The molecule has 4 nitrogen and oxygen atoms in total. The normalized spacial score (nSPS) is 11.0. The Bertz CT molecular complexity index is 340. The summed E-state index contributed by atoms with van der Waals surface area (Å²) in [7, 11) is 0. The summed E-state index contributed by atoms with van der Waals surface area (Å²) in [5, 5.41) is 10.8. The molecule has 0 spiro atoms. The van der Waals surface area contributed by atoms with Crippen molar-refractivity contribution in [3.8, 4) is 0 Å². The second-order valence-electron chi connectivity index (χ2n) is 6.48. The highest BCUT2D eigenvalue weighted by molar-refractivity contribution is 5.80. The lowest BCUT2D eigenvalue weighted by Gasteiger charge is -2.03. The van der Waals surface area contributed by atoms with Gasteiger partial charge in [-0.25, -0.2) is 0 Å². The van der Waals surface area contributed by atoms with E-state index >= 15 is 0 Å². The van der Waals surface area contributed by atoms with E-state index in [0.29, 0.717) is 6.42 Å². The summed E-state index contributed by atoms with van der Waals surface area (Å²) < 4.78 is 0. The molecule has 0 heterocycles. The van der Waals surface area contributed by atoms with Crippen molar-refractivity contribution in [3.63, 3.8) is 0 Å². The molecule has 0 aliphatic heterocycles. The van der Waals surface area contributed by atoms with Crippen LogP contribution in [0.2, 0.25) is 0 Å². The molecule has 0 aromatic heterocycles. The van der Waals surface area contributed by atoms with E-state index in [2.05, 4.69) is 24.4 Å². The highest BCUT2D eigenvalue weighted by atomic mass is 16.4. The molecular weight excluding hydrogens is 302 g/mol. The lowest BCUT2D eigenvalue weighted by atomic mass is 10.0. The Morgan fingerprint density at radius 2 is 1.29 bits per heavy atom. The van der Waals surface area contributed by atoms with Gasteiger partial charge in [0.15, 0.2) is 0 Å². The third kappa shape index (κ3) is 18.7. The van der Waals surface area contributed by atoms with Crippen LogP contribution in [0.4, 0.5) is 0 Å². The fourth-order valence-corrected chi connectivity index (χ4v) is 2.69. The first-order valence-corrected chi connectivity index (χ1v) is 9.80. The summed E-state index contributed by atoms with van der Waals surface area (Å²) in [4.78, 5) is 21.6. The van der Waals surface area contributed by atoms with Gasteiger partial charge >= 0.3 is 5.97 Å². The highest BCUT2D eigenvalue weighted by Gasteiger charge is 2.03. The number of amides is 1. The Morgan fingerprint density at radius 1 is 0.792 bits per heavy atom. The number of carbonyl (C=O) groups excluding carboxylic acids is 1. The highest BCUT2D eigenvalue weighted by Crippen LogP contribution is 2.12. The van der Waals surface area contributed by atoms with Crippen molar-refractivity contribution in [1.29, 1.82) is 0 Å². The zero-order chi connectivity index (χ0) is 17.9. The Balaban J connectivity index is 3.13. The number of aliphatic carboxylic acids is 1. The Kier molecular flexibility index (Phi) is 17.0. The van der Waals surface area contributed by atoms with Crippen LogP contribution in [0.1, 0.15) is 96.8 Å². The average molecular weight is 340 g/mol. The van der Waals surface area contributed by atoms with E-state index in [-0.39, 0.29) is 12.5 Å². The summed E-state index contributed by atoms with van der Waals surface area (Å²) in [6.45, 7) is 1.91. The Hall–Kier alpha value is -1.32. The van der Waals surface area contributed by atoms with Crippen molar-refractivity contribution in [2.24, 2.45) is 0 Å². The van der Waals surface area contributed by atoms with E-state index in [0.717, 1.165) is 19.3 Å². The quantitative estimate of drug-likeness (QED) is 0.282. The van der Waals surface area contributed by atoms with Crippen molar-refractivity contribution in [2.45, 2.75) is 96.8 Å². The minimum atomic E-state index is -0.989. The standard InChI is InChI=1S/C20H37NO3/c1-2-3-4-5-6-7-8-9-10-11-12-13-14-15-16-17-19(22)21-18-20(23)24/h3-4H,2,5-18H2,1H3,(H,21,22)(H,23,24)/b4-3-. The first-order chi connectivity index (χ1) is 11.7. The van der Waals surface area contributed by atoms with E-state index in [9.17, 15) is 9.59 Å². The largest absolute Gasteiger partial charge is 0.480 e. The van der Waals surface area contributed by atoms with Crippen molar-refractivity contribution < 1.29 is 14.7 Å². The molecule has 0 aromatic carbocycles. The number of carboxylic acids is 1. The number of carboxylic acid groups (broad SMARTS) is 1. The lowest BCUT2D eigenvalue weighted by molar-refractivity contribution is -0.137. The van der Waals surface area contributed by atoms with E-state index in [4.69, 9.17) is 5.11 Å². The molecule has 0 aliphatic carbocycles. The van der Waals surface area contributed by atoms with E-state index in [1.165, 1.54) is 64.2 Å². The van der Waals surface area contributed by atoms with E-state index in [1.54, 1.807) is 0 Å². The lowest BCUT2D eigenvalue weighted by Crippen LogP contribution is -2.28. The molecule has 140 valence electrons. The number of hydrogen-bond acceptors (Lipinski definition) is 2. The molecule has 0 fully saturated rings. The molecule has 4 heteroatoms. The van der Waals surface area contributed by atoms with Crippen LogP contribution in [0.25, 0.3) is 0 Å². The van der Waals surface area contributed by atoms with Crippen LogP contribution >= 0.6 is 0 Å². The van der Waals surface area contributed by atoms with Gasteiger partial charge in [0.1, 0.15) is 6.54 Å². The maximum absolute atomic E-state index is 11.3. The molecule has 2 N–H and O–H groups in total. The Morgan fingerprint density at radius 3 is 1.79 bits per heavy atom. The van der Waals surface area contributed by atoms with Crippen LogP contribution in [0.5, 0.6) is 0 Å². The molecule has 0 aliphatic rings. The van der Waals surface area contributed by atoms with Gasteiger partial charge in [0.2, 0.25) is 5.91 Å². The summed E-state index contributed by atoms with van der Waals surface area (Å²) in [6, 6.07) is 0. The van der Waals surface area contributed by atoms with Crippen LogP contribution in [0.15, 0.2) is 12.2 Å². The van der Waals surface area contributed by atoms with Crippen LogP contribution in [0.3, 0.4) is 0 Å². The molecule has 0 aromatic rings. The predicted molar refractivity (Wildman–Crippen MR) is 100 cm³/mol. The second-order valence-corrected chi connectivity index (χ2v) is 6.48. The molecule has 0 saturated heterocycles. The maximum atomic E-state index is 11.3. The first-order valence-electron chi connectivity index (χ1n) is 9.80. The smallest absolute Gasteiger partial charge is 0.322 e. The fraction of sp³-hybridized carbons (Fsp3) is 0.800. The number of allylic oxidation sites excluding steroid dienone is 2.